The van der Waals surface area contributed by atoms with Crippen LogP contribution in [0.25, 0.3) is 0 Å². The zero-order valence-corrected chi connectivity index (χ0v) is 12.5. The molecule has 1 aromatic carbocycles. The van der Waals surface area contributed by atoms with Crippen LogP contribution in [-0.2, 0) is 10.0 Å². The number of pyridine rings is 1. The van der Waals surface area contributed by atoms with E-state index in [4.69, 9.17) is 29.6 Å². The summed E-state index contributed by atoms with van der Waals surface area (Å²) < 4.78 is 27.0. The smallest absolute Gasteiger partial charge is 0.263 e. The summed E-state index contributed by atoms with van der Waals surface area (Å²) in [5, 5.41) is 0.198. The van der Waals surface area contributed by atoms with Gasteiger partial charge in [0, 0.05) is 11.8 Å². The average molecular weight is 328 g/mol. The average Bonchev–Trinajstić information content (AvgIpc) is 2.41. The maximum absolute atomic E-state index is 12.4. The van der Waals surface area contributed by atoms with Gasteiger partial charge in [-0.2, -0.15) is 0 Å². The summed E-state index contributed by atoms with van der Waals surface area (Å²) in [6.07, 6.45) is 1.43. The Morgan fingerprint density at radius 2 is 1.95 bits per heavy atom. The number of hydrogen-bond donors (Lipinski definition) is 2. The van der Waals surface area contributed by atoms with Gasteiger partial charge in [0.1, 0.15) is 4.99 Å². The zero-order chi connectivity index (χ0) is 14.8. The largest absolute Gasteiger partial charge is 0.389 e. The van der Waals surface area contributed by atoms with Crippen LogP contribution in [0.5, 0.6) is 0 Å². The maximum Gasteiger partial charge on any atom is 0.263 e. The number of nitrogens with two attached hydrogens (primary N) is 1. The molecule has 1 aromatic heterocycles. The number of nitrogens with one attached hydrogen (secondary N) is 1. The lowest BCUT2D eigenvalue weighted by Gasteiger charge is -2.11. The predicted molar refractivity (Wildman–Crippen MR) is 82.4 cm³/mol. The van der Waals surface area contributed by atoms with Crippen molar-refractivity contribution < 1.29 is 8.42 Å². The van der Waals surface area contributed by atoms with Gasteiger partial charge in [0.15, 0.2) is 5.82 Å². The van der Waals surface area contributed by atoms with Crippen LogP contribution in [0.2, 0.25) is 5.02 Å². The second-order valence-corrected chi connectivity index (χ2v) is 6.30. The van der Waals surface area contributed by atoms with E-state index in [-0.39, 0.29) is 26.3 Å². The minimum Gasteiger partial charge on any atom is -0.389 e. The Balaban J connectivity index is 2.47. The molecule has 104 valence electrons. The van der Waals surface area contributed by atoms with Gasteiger partial charge in [0.2, 0.25) is 0 Å². The van der Waals surface area contributed by atoms with Gasteiger partial charge in [-0.3, -0.25) is 4.72 Å². The summed E-state index contributed by atoms with van der Waals surface area (Å²) in [5.41, 5.74) is 5.80. The fourth-order valence-electron chi connectivity index (χ4n) is 1.55. The zero-order valence-electron chi connectivity index (χ0n) is 10.1. The van der Waals surface area contributed by atoms with Crippen molar-refractivity contribution in [3.05, 3.63) is 53.2 Å². The van der Waals surface area contributed by atoms with E-state index in [0.717, 1.165) is 0 Å². The van der Waals surface area contributed by atoms with E-state index in [2.05, 4.69) is 9.71 Å². The van der Waals surface area contributed by atoms with E-state index in [1.54, 1.807) is 18.2 Å². The number of benzene rings is 1. The summed E-state index contributed by atoms with van der Waals surface area (Å²) in [6.45, 7) is 0. The molecule has 0 unspecified atom stereocenters. The highest BCUT2D eigenvalue weighted by molar-refractivity contribution is 7.93. The summed E-state index contributed by atoms with van der Waals surface area (Å²) in [4.78, 5) is 3.86. The van der Waals surface area contributed by atoms with E-state index in [1.165, 1.54) is 24.4 Å². The number of rotatable bonds is 4. The van der Waals surface area contributed by atoms with E-state index in [9.17, 15) is 8.42 Å². The lowest BCUT2D eigenvalue weighted by atomic mass is 10.2. The van der Waals surface area contributed by atoms with Crippen LogP contribution in [-0.4, -0.2) is 18.4 Å². The van der Waals surface area contributed by atoms with E-state index >= 15 is 0 Å². The lowest BCUT2D eigenvalue weighted by Crippen LogP contribution is -2.20. The third-order valence-corrected chi connectivity index (χ3v) is 4.35. The number of hydrogen-bond acceptors (Lipinski definition) is 4. The van der Waals surface area contributed by atoms with Crippen molar-refractivity contribution in [1.29, 1.82) is 0 Å². The molecule has 5 nitrogen and oxygen atoms in total. The maximum atomic E-state index is 12.4. The van der Waals surface area contributed by atoms with Gasteiger partial charge in [-0.15, -0.1) is 0 Å². The predicted octanol–water partition coefficient (Wildman–Crippen LogP) is 2.17. The first-order valence-corrected chi connectivity index (χ1v) is 7.71. The molecule has 0 amide bonds. The first kappa shape index (κ1) is 14.7. The molecule has 0 saturated carbocycles. The molecule has 3 N–H and O–H groups in total. The standard InChI is InChI=1S/C12H10ClN3O2S2/c13-9-5-3-7-15-12(9)16-20(17,18)10-6-2-1-4-8(10)11(14)19/h1-7H,(H2,14,19)(H,15,16). The highest BCUT2D eigenvalue weighted by Gasteiger charge is 2.20. The first-order chi connectivity index (χ1) is 9.42. The first-order valence-electron chi connectivity index (χ1n) is 5.44. The lowest BCUT2D eigenvalue weighted by molar-refractivity contribution is 0.601. The molecule has 0 saturated heterocycles. The monoisotopic (exact) mass is 327 g/mol. The van der Waals surface area contributed by atoms with E-state index < -0.39 is 10.0 Å². The highest BCUT2D eigenvalue weighted by atomic mass is 35.5. The minimum atomic E-state index is -3.88. The van der Waals surface area contributed by atoms with E-state index in [0.29, 0.717) is 0 Å². The van der Waals surface area contributed by atoms with Crippen LogP contribution in [0.15, 0.2) is 47.5 Å². The minimum absolute atomic E-state index is 0.00177. The van der Waals surface area contributed by atoms with Crippen molar-refractivity contribution in [3.63, 3.8) is 0 Å². The quantitative estimate of drug-likeness (QED) is 0.841. The highest BCUT2D eigenvalue weighted by Crippen LogP contribution is 2.23. The number of anilines is 1. The Kier molecular flexibility index (Phi) is 4.22. The number of halogens is 1. The molecule has 0 spiro atoms. The van der Waals surface area contributed by atoms with Gasteiger partial charge < -0.3 is 5.73 Å². The molecule has 2 rings (SSSR count). The Hall–Kier alpha value is -1.70. The van der Waals surface area contributed by atoms with Gasteiger partial charge >= 0.3 is 0 Å². The van der Waals surface area contributed by atoms with Crippen molar-refractivity contribution in [2.24, 2.45) is 5.73 Å². The van der Waals surface area contributed by atoms with Crippen molar-refractivity contribution in [3.8, 4) is 0 Å². The molecular formula is C12H10ClN3O2S2. The third kappa shape index (κ3) is 3.06. The van der Waals surface area contributed by atoms with Crippen molar-refractivity contribution >= 4 is 44.6 Å². The molecule has 0 fully saturated rings. The van der Waals surface area contributed by atoms with Gasteiger partial charge in [0.25, 0.3) is 10.0 Å². The van der Waals surface area contributed by atoms with Gasteiger partial charge in [-0.05, 0) is 18.2 Å². The molecule has 2 aromatic rings. The SMILES string of the molecule is NC(=S)c1ccccc1S(=O)(=O)Nc1ncccc1Cl. The fourth-order valence-corrected chi connectivity index (χ4v) is 3.27. The van der Waals surface area contributed by atoms with Crippen LogP contribution in [0.4, 0.5) is 5.82 Å². The van der Waals surface area contributed by atoms with Crippen molar-refractivity contribution in [1.82, 2.24) is 4.98 Å². The van der Waals surface area contributed by atoms with Crippen LogP contribution in [0.1, 0.15) is 5.56 Å². The number of nitrogens with zero attached hydrogens (tertiary/aromatic N) is 1. The van der Waals surface area contributed by atoms with Crippen molar-refractivity contribution in [2.75, 3.05) is 4.72 Å². The van der Waals surface area contributed by atoms with Gasteiger partial charge in [-0.25, -0.2) is 13.4 Å². The molecule has 8 heteroatoms. The normalized spacial score (nSPS) is 11.1. The summed E-state index contributed by atoms with van der Waals surface area (Å²) in [6, 6.07) is 9.32. The molecule has 0 aliphatic carbocycles. The Morgan fingerprint density at radius 3 is 2.60 bits per heavy atom. The van der Waals surface area contributed by atoms with Crippen LogP contribution in [0.3, 0.4) is 0 Å². The van der Waals surface area contributed by atoms with Crippen molar-refractivity contribution in [2.45, 2.75) is 4.90 Å². The molecule has 0 bridgehead atoms. The van der Waals surface area contributed by atoms with Crippen LogP contribution in [0, 0.1) is 0 Å². The summed E-state index contributed by atoms with van der Waals surface area (Å²) >= 11 is 10.7. The second kappa shape index (κ2) is 5.74. The molecule has 0 radical (unpaired) electrons. The summed E-state index contributed by atoms with van der Waals surface area (Å²) in [7, 11) is -3.88. The number of sulfonamides is 1. The Labute approximate surface area is 126 Å². The van der Waals surface area contributed by atoms with Crippen LogP contribution < -0.4 is 10.5 Å². The second-order valence-electron chi connectivity index (χ2n) is 3.80. The third-order valence-electron chi connectivity index (χ3n) is 2.43. The molecule has 1 heterocycles. The van der Waals surface area contributed by atoms with E-state index in [1.807, 2.05) is 0 Å². The number of aromatic nitrogens is 1. The van der Waals surface area contributed by atoms with Crippen LogP contribution >= 0.6 is 23.8 Å². The number of thiocarbonyl (C=S) groups is 1. The Morgan fingerprint density at radius 1 is 1.25 bits per heavy atom. The molecule has 0 aliphatic heterocycles. The molecule has 0 aliphatic rings. The molecule has 20 heavy (non-hydrogen) atoms. The fraction of sp³-hybridized carbons (Fsp3) is 0. The summed E-state index contributed by atoms with van der Waals surface area (Å²) in [5.74, 6) is 0.0481. The topological polar surface area (TPSA) is 85.1 Å². The van der Waals surface area contributed by atoms with Gasteiger partial charge in [0.05, 0.1) is 9.92 Å². The molecular weight excluding hydrogens is 318 g/mol. The Bertz CT molecular complexity index is 763. The van der Waals surface area contributed by atoms with Gasteiger partial charge in [-0.1, -0.05) is 42.0 Å². The molecule has 0 atom stereocenters.